The minimum absolute atomic E-state index is 0.940. The molecule has 0 aromatic rings. The molecule has 0 radical (unpaired) electrons. The van der Waals surface area contributed by atoms with Gasteiger partial charge in [0.1, 0.15) is 0 Å². The normalized spacial score (nSPS) is 20.9. The zero-order valence-electron chi connectivity index (χ0n) is 15.2. The van der Waals surface area contributed by atoms with Gasteiger partial charge in [-0.05, 0) is 5.54 Å². The third kappa shape index (κ3) is 4.12. The summed E-state index contributed by atoms with van der Waals surface area (Å²) in [6.07, 6.45) is 13.6. The molecule has 0 amide bonds. The molecule has 0 N–H and O–H groups in total. The smallest absolute Gasteiger partial charge is 0.0643 e. The van der Waals surface area contributed by atoms with Gasteiger partial charge in [-0.3, -0.25) is 0 Å². The van der Waals surface area contributed by atoms with Gasteiger partial charge in [0.15, 0.2) is 0 Å². The van der Waals surface area contributed by atoms with E-state index in [0.717, 1.165) is 22.2 Å². The molecule has 20 heavy (non-hydrogen) atoms. The van der Waals surface area contributed by atoms with Crippen LogP contribution in [0.15, 0.2) is 0 Å². The van der Waals surface area contributed by atoms with Crippen LogP contribution in [0, 0.1) is 0 Å². The van der Waals surface area contributed by atoms with E-state index in [2.05, 4.69) is 41.5 Å². The molecular formula is C19H40Si. The molecule has 0 aromatic heterocycles. The molecule has 0 aromatic carbocycles. The lowest BCUT2D eigenvalue weighted by atomic mass is 10.0. The minimum Gasteiger partial charge on any atom is -0.0651 e. The molecule has 120 valence electrons. The van der Waals surface area contributed by atoms with Crippen LogP contribution in [-0.2, 0) is 0 Å². The average molecular weight is 297 g/mol. The van der Waals surface area contributed by atoms with Gasteiger partial charge >= 0.3 is 0 Å². The third-order valence-electron chi connectivity index (χ3n) is 6.31. The summed E-state index contributed by atoms with van der Waals surface area (Å²) < 4.78 is 0. The summed E-state index contributed by atoms with van der Waals surface area (Å²) in [4.78, 5) is 0. The van der Waals surface area contributed by atoms with Gasteiger partial charge in [0, 0.05) is 0 Å². The Bertz CT molecular complexity index is 223. The van der Waals surface area contributed by atoms with Crippen LogP contribution in [-0.4, -0.2) is 8.07 Å². The topological polar surface area (TPSA) is 0 Å². The van der Waals surface area contributed by atoms with Crippen LogP contribution in [0.4, 0.5) is 0 Å². The van der Waals surface area contributed by atoms with Gasteiger partial charge in [-0.1, -0.05) is 116 Å². The predicted molar refractivity (Wildman–Crippen MR) is 96.4 cm³/mol. The monoisotopic (exact) mass is 296 g/mol. The van der Waals surface area contributed by atoms with Gasteiger partial charge in [-0.25, -0.2) is 0 Å². The van der Waals surface area contributed by atoms with Crippen LogP contribution in [0.1, 0.15) is 99.3 Å². The Labute approximate surface area is 130 Å². The van der Waals surface area contributed by atoms with Crippen LogP contribution in [0.2, 0.25) is 22.2 Å². The van der Waals surface area contributed by atoms with Crippen molar-refractivity contribution in [1.82, 2.24) is 0 Å². The van der Waals surface area contributed by atoms with Crippen molar-refractivity contribution >= 4 is 8.07 Å². The lowest BCUT2D eigenvalue weighted by molar-refractivity contribution is 0.485. The highest BCUT2D eigenvalue weighted by atomic mass is 28.3. The van der Waals surface area contributed by atoms with E-state index >= 15 is 0 Å². The zero-order valence-corrected chi connectivity index (χ0v) is 16.2. The molecule has 0 atom stereocenters. The molecule has 0 nitrogen and oxygen atoms in total. The van der Waals surface area contributed by atoms with Crippen molar-refractivity contribution in [2.45, 2.75) is 121 Å². The maximum absolute atomic E-state index is 2.55. The maximum atomic E-state index is 2.55. The van der Waals surface area contributed by atoms with E-state index in [-0.39, 0.29) is 0 Å². The maximum Gasteiger partial charge on any atom is 0.0643 e. The van der Waals surface area contributed by atoms with Crippen LogP contribution in [0.25, 0.3) is 0 Å². The van der Waals surface area contributed by atoms with Crippen LogP contribution >= 0.6 is 0 Å². The molecule has 1 heteroatoms. The van der Waals surface area contributed by atoms with Crippen molar-refractivity contribution in [2.24, 2.45) is 0 Å². The molecule has 1 aliphatic rings. The van der Waals surface area contributed by atoms with Gasteiger partial charge in [0.25, 0.3) is 0 Å². The quantitative estimate of drug-likeness (QED) is 0.469. The number of hydrogen-bond donors (Lipinski definition) is 0. The second-order valence-electron chi connectivity index (χ2n) is 8.21. The zero-order chi connectivity index (χ0) is 15.2. The molecule has 0 spiro atoms. The molecule has 0 heterocycles. The van der Waals surface area contributed by atoms with Gasteiger partial charge in [0.2, 0.25) is 0 Å². The van der Waals surface area contributed by atoms with Crippen LogP contribution < -0.4 is 0 Å². The van der Waals surface area contributed by atoms with Gasteiger partial charge in [0.05, 0.1) is 8.07 Å². The van der Waals surface area contributed by atoms with Crippen molar-refractivity contribution in [3.8, 4) is 0 Å². The first-order valence-electron chi connectivity index (χ1n) is 9.44. The molecule has 1 saturated carbocycles. The Morgan fingerprint density at radius 2 is 0.850 bits per heavy atom. The van der Waals surface area contributed by atoms with E-state index in [1.54, 1.807) is 12.8 Å². The van der Waals surface area contributed by atoms with Gasteiger partial charge in [-0.15, -0.1) is 0 Å². The van der Waals surface area contributed by atoms with Crippen LogP contribution in [0.3, 0.4) is 0 Å². The Morgan fingerprint density at radius 1 is 0.550 bits per heavy atom. The molecule has 1 fully saturated rings. The summed E-state index contributed by atoms with van der Waals surface area (Å²) in [7, 11) is -1.22. The molecular weight excluding hydrogens is 256 g/mol. The predicted octanol–water partition coefficient (Wildman–Crippen LogP) is 7.56. The standard InChI is InChI=1S/C19H40Si/c1-16(2)20(17(3)4,18(5)6)19-14-12-10-8-7-9-11-13-15-19/h16-19H,7-15H2,1-6H3. The van der Waals surface area contributed by atoms with Crippen molar-refractivity contribution in [2.75, 3.05) is 0 Å². The van der Waals surface area contributed by atoms with E-state index in [9.17, 15) is 0 Å². The summed E-state index contributed by atoms with van der Waals surface area (Å²) in [5.41, 5.74) is 3.90. The molecule has 0 saturated heterocycles. The highest BCUT2D eigenvalue weighted by Gasteiger charge is 2.47. The lowest BCUT2D eigenvalue weighted by Gasteiger charge is -2.49. The first kappa shape index (κ1) is 18.3. The fraction of sp³-hybridized carbons (Fsp3) is 1.00. The summed E-state index contributed by atoms with van der Waals surface area (Å²) in [6, 6.07) is 0. The van der Waals surface area contributed by atoms with Crippen molar-refractivity contribution in [3.05, 3.63) is 0 Å². The van der Waals surface area contributed by atoms with Gasteiger partial charge < -0.3 is 0 Å². The molecule has 0 unspecified atom stereocenters. The Hall–Kier alpha value is 0.217. The van der Waals surface area contributed by atoms with Crippen molar-refractivity contribution < 1.29 is 0 Å². The summed E-state index contributed by atoms with van der Waals surface area (Å²) in [5, 5.41) is 0. The van der Waals surface area contributed by atoms with Crippen molar-refractivity contribution in [3.63, 3.8) is 0 Å². The van der Waals surface area contributed by atoms with E-state index < -0.39 is 8.07 Å². The van der Waals surface area contributed by atoms with E-state index in [0.29, 0.717) is 0 Å². The fourth-order valence-electron chi connectivity index (χ4n) is 5.72. The summed E-state index contributed by atoms with van der Waals surface area (Å²) in [5.74, 6) is 0. The SMILES string of the molecule is CC(C)[Si](C(C)C)(C(C)C)C1CCCCCCCCC1. The first-order valence-corrected chi connectivity index (χ1v) is 11.7. The largest absolute Gasteiger partial charge is 0.0651 e. The summed E-state index contributed by atoms with van der Waals surface area (Å²) >= 11 is 0. The third-order valence-corrected chi connectivity index (χ3v) is 14.3. The molecule has 1 aliphatic carbocycles. The number of hydrogen-bond acceptors (Lipinski definition) is 0. The second kappa shape index (κ2) is 8.61. The Balaban J connectivity index is 2.95. The highest BCUT2D eigenvalue weighted by molar-refractivity contribution is 6.84. The Kier molecular flexibility index (Phi) is 7.86. The van der Waals surface area contributed by atoms with Crippen molar-refractivity contribution in [1.29, 1.82) is 0 Å². The van der Waals surface area contributed by atoms with E-state index in [4.69, 9.17) is 0 Å². The summed E-state index contributed by atoms with van der Waals surface area (Å²) in [6.45, 7) is 15.3. The molecule has 0 aliphatic heterocycles. The molecule has 0 bridgehead atoms. The fourth-order valence-corrected chi connectivity index (χ4v) is 14.0. The molecule has 1 rings (SSSR count). The average Bonchev–Trinajstić information content (AvgIpc) is 2.36. The lowest BCUT2D eigenvalue weighted by Crippen LogP contribution is -2.49. The first-order chi connectivity index (χ1) is 9.44. The van der Waals surface area contributed by atoms with Crippen LogP contribution in [0.5, 0.6) is 0 Å². The number of rotatable bonds is 4. The highest BCUT2D eigenvalue weighted by Crippen LogP contribution is 2.53. The van der Waals surface area contributed by atoms with Gasteiger partial charge in [-0.2, -0.15) is 0 Å². The second-order valence-corrected chi connectivity index (χ2v) is 14.5. The van der Waals surface area contributed by atoms with E-state index in [1.165, 1.54) is 44.9 Å². The Morgan fingerprint density at radius 3 is 1.15 bits per heavy atom. The minimum atomic E-state index is -1.22. The van der Waals surface area contributed by atoms with E-state index in [1.807, 2.05) is 0 Å².